The molecule has 0 aromatic carbocycles. The zero-order valence-corrected chi connectivity index (χ0v) is 14.4. The number of ether oxygens (including phenoxy) is 1. The Balaban J connectivity index is 1.90. The van der Waals surface area contributed by atoms with Gasteiger partial charge in [0.2, 0.25) is 0 Å². The lowest BCUT2D eigenvalue weighted by molar-refractivity contribution is -0.229. The SMILES string of the molecule is CC(C)CCC12CC(C(NC(=O)OC(C)(C)C)C(=O)O)(C1)C2. The van der Waals surface area contributed by atoms with Crippen LogP contribution in [0.1, 0.15) is 66.7 Å². The lowest BCUT2D eigenvalue weighted by Gasteiger charge is -2.73. The Morgan fingerprint density at radius 2 is 1.77 bits per heavy atom. The van der Waals surface area contributed by atoms with E-state index in [1.807, 2.05) is 0 Å². The van der Waals surface area contributed by atoms with Gasteiger partial charge in [-0.3, -0.25) is 0 Å². The van der Waals surface area contributed by atoms with E-state index in [-0.39, 0.29) is 5.41 Å². The second kappa shape index (κ2) is 5.43. The molecular formula is C17H29NO4. The summed E-state index contributed by atoms with van der Waals surface area (Å²) in [5, 5.41) is 12.1. The Bertz CT molecular complexity index is 444. The van der Waals surface area contributed by atoms with E-state index >= 15 is 0 Å². The third-order valence-electron chi connectivity index (χ3n) is 4.95. The summed E-state index contributed by atoms with van der Waals surface area (Å²) in [7, 11) is 0. The summed E-state index contributed by atoms with van der Waals surface area (Å²) in [6, 6.07) is -0.830. The van der Waals surface area contributed by atoms with Gasteiger partial charge in [-0.25, -0.2) is 9.59 Å². The Kier molecular flexibility index (Phi) is 4.22. The molecule has 126 valence electrons. The first kappa shape index (κ1) is 17.1. The molecule has 5 heteroatoms. The normalized spacial score (nSPS) is 31.0. The third-order valence-corrected chi connectivity index (χ3v) is 4.95. The highest BCUT2D eigenvalue weighted by Gasteiger charge is 2.71. The van der Waals surface area contributed by atoms with Crippen LogP contribution in [-0.4, -0.2) is 28.8 Å². The lowest BCUT2D eigenvalue weighted by Crippen LogP contribution is -2.71. The van der Waals surface area contributed by atoms with E-state index in [0.29, 0.717) is 11.3 Å². The summed E-state index contributed by atoms with van der Waals surface area (Å²) >= 11 is 0. The molecule has 5 nitrogen and oxygen atoms in total. The molecule has 0 heterocycles. The summed E-state index contributed by atoms with van der Waals surface area (Å²) in [5.74, 6) is -0.275. The number of carboxylic acids is 1. The van der Waals surface area contributed by atoms with Crippen LogP contribution in [0.3, 0.4) is 0 Å². The van der Waals surface area contributed by atoms with Crippen molar-refractivity contribution < 1.29 is 19.4 Å². The molecule has 2 bridgehead atoms. The molecule has 0 spiro atoms. The number of amides is 1. The second-order valence-corrected chi connectivity index (χ2v) is 8.74. The van der Waals surface area contributed by atoms with Gasteiger partial charge in [0.1, 0.15) is 11.6 Å². The fourth-order valence-corrected chi connectivity index (χ4v) is 4.15. The fourth-order valence-electron chi connectivity index (χ4n) is 4.15. The van der Waals surface area contributed by atoms with Gasteiger partial charge in [-0.1, -0.05) is 20.3 Å². The van der Waals surface area contributed by atoms with Crippen LogP contribution in [0.5, 0.6) is 0 Å². The van der Waals surface area contributed by atoms with Gasteiger partial charge in [-0.2, -0.15) is 0 Å². The molecule has 3 saturated carbocycles. The number of alkyl carbamates (subject to hydrolysis) is 1. The zero-order valence-electron chi connectivity index (χ0n) is 14.4. The highest BCUT2D eigenvalue weighted by molar-refractivity contribution is 5.81. The van der Waals surface area contributed by atoms with Crippen molar-refractivity contribution in [1.29, 1.82) is 0 Å². The number of rotatable bonds is 6. The highest BCUT2D eigenvalue weighted by Crippen LogP contribution is 2.76. The first-order valence-electron chi connectivity index (χ1n) is 8.19. The molecule has 3 fully saturated rings. The fraction of sp³-hybridized carbons (Fsp3) is 0.882. The van der Waals surface area contributed by atoms with Crippen LogP contribution in [0.2, 0.25) is 0 Å². The minimum atomic E-state index is -0.956. The topological polar surface area (TPSA) is 75.6 Å². The van der Waals surface area contributed by atoms with E-state index in [1.54, 1.807) is 20.8 Å². The van der Waals surface area contributed by atoms with Crippen LogP contribution in [0.4, 0.5) is 4.79 Å². The van der Waals surface area contributed by atoms with Crippen molar-refractivity contribution >= 4 is 12.1 Å². The van der Waals surface area contributed by atoms with E-state index in [0.717, 1.165) is 19.3 Å². The maximum Gasteiger partial charge on any atom is 0.408 e. The molecule has 1 atom stereocenters. The smallest absolute Gasteiger partial charge is 0.408 e. The van der Waals surface area contributed by atoms with Crippen molar-refractivity contribution in [2.75, 3.05) is 0 Å². The maximum atomic E-state index is 11.9. The van der Waals surface area contributed by atoms with Crippen LogP contribution in [0.25, 0.3) is 0 Å². The van der Waals surface area contributed by atoms with Gasteiger partial charge in [-0.15, -0.1) is 0 Å². The predicted molar refractivity (Wildman–Crippen MR) is 83.6 cm³/mol. The molecule has 0 aliphatic heterocycles. The van der Waals surface area contributed by atoms with Gasteiger partial charge in [0.15, 0.2) is 0 Å². The Labute approximate surface area is 132 Å². The van der Waals surface area contributed by atoms with Gasteiger partial charge in [0.25, 0.3) is 0 Å². The number of aliphatic carboxylic acids is 1. The Morgan fingerprint density at radius 3 is 2.18 bits per heavy atom. The van der Waals surface area contributed by atoms with Crippen molar-refractivity contribution in [2.45, 2.75) is 78.4 Å². The van der Waals surface area contributed by atoms with E-state index in [9.17, 15) is 14.7 Å². The number of carbonyl (C=O) groups is 2. The summed E-state index contributed by atoms with van der Waals surface area (Å²) in [5.41, 5.74) is -0.529. The summed E-state index contributed by atoms with van der Waals surface area (Å²) < 4.78 is 5.19. The van der Waals surface area contributed by atoms with Gasteiger partial charge < -0.3 is 15.2 Å². The van der Waals surface area contributed by atoms with Gasteiger partial charge in [0, 0.05) is 5.41 Å². The molecular weight excluding hydrogens is 282 g/mol. The third kappa shape index (κ3) is 3.39. The van der Waals surface area contributed by atoms with Crippen LogP contribution in [-0.2, 0) is 9.53 Å². The number of hydrogen-bond donors (Lipinski definition) is 2. The van der Waals surface area contributed by atoms with Crippen molar-refractivity contribution in [1.82, 2.24) is 5.32 Å². The molecule has 1 unspecified atom stereocenters. The molecule has 0 aromatic rings. The molecule has 3 aliphatic rings. The molecule has 0 saturated heterocycles. The maximum absolute atomic E-state index is 11.9. The minimum Gasteiger partial charge on any atom is -0.480 e. The standard InChI is InChI=1S/C17H29NO4/c1-11(2)6-7-16-8-17(9-16,10-16)12(13(19)20)18-14(21)22-15(3,4)5/h11-12H,6-10H2,1-5H3,(H,18,21)(H,19,20). The van der Waals surface area contributed by atoms with Crippen LogP contribution < -0.4 is 5.32 Å². The second-order valence-electron chi connectivity index (χ2n) is 8.74. The number of carboxylic acid groups (broad SMARTS) is 1. The quantitative estimate of drug-likeness (QED) is 0.786. The molecule has 0 radical (unpaired) electrons. The molecule has 3 aliphatic carbocycles. The van der Waals surface area contributed by atoms with Crippen LogP contribution >= 0.6 is 0 Å². The van der Waals surface area contributed by atoms with Gasteiger partial charge >= 0.3 is 12.1 Å². The van der Waals surface area contributed by atoms with Crippen molar-refractivity contribution in [3.63, 3.8) is 0 Å². The van der Waals surface area contributed by atoms with E-state index < -0.39 is 23.7 Å². The average Bonchev–Trinajstić information content (AvgIpc) is 2.20. The monoisotopic (exact) mass is 311 g/mol. The summed E-state index contributed by atoms with van der Waals surface area (Å²) in [6.45, 7) is 9.73. The first-order chi connectivity index (χ1) is 9.97. The number of hydrogen-bond acceptors (Lipinski definition) is 3. The minimum absolute atomic E-state index is 0.250. The Morgan fingerprint density at radius 1 is 1.23 bits per heavy atom. The molecule has 3 rings (SSSR count). The Hall–Kier alpha value is -1.26. The molecule has 1 amide bonds. The van der Waals surface area contributed by atoms with Crippen LogP contribution in [0.15, 0.2) is 0 Å². The van der Waals surface area contributed by atoms with Crippen molar-refractivity contribution in [2.24, 2.45) is 16.7 Å². The molecule has 2 N–H and O–H groups in total. The predicted octanol–water partition coefficient (Wildman–Crippen LogP) is 3.57. The van der Waals surface area contributed by atoms with Crippen LogP contribution in [0, 0.1) is 16.7 Å². The number of nitrogens with one attached hydrogen (secondary N) is 1. The molecule has 22 heavy (non-hydrogen) atoms. The summed E-state index contributed by atoms with van der Waals surface area (Å²) in [6.07, 6.45) is 4.47. The van der Waals surface area contributed by atoms with Gasteiger partial charge in [0.05, 0.1) is 0 Å². The van der Waals surface area contributed by atoms with Crippen molar-refractivity contribution in [3.8, 4) is 0 Å². The zero-order chi connectivity index (χ0) is 16.8. The first-order valence-corrected chi connectivity index (χ1v) is 8.19. The number of carbonyl (C=O) groups excluding carboxylic acids is 1. The van der Waals surface area contributed by atoms with Gasteiger partial charge in [-0.05, 0) is 57.8 Å². The van der Waals surface area contributed by atoms with E-state index in [1.165, 1.54) is 12.8 Å². The van der Waals surface area contributed by atoms with E-state index in [2.05, 4.69) is 19.2 Å². The lowest BCUT2D eigenvalue weighted by atomic mass is 9.32. The average molecular weight is 311 g/mol. The highest BCUT2D eigenvalue weighted by atomic mass is 16.6. The largest absolute Gasteiger partial charge is 0.480 e. The van der Waals surface area contributed by atoms with Crippen molar-refractivity contribution in [3.05, 3.63) is 0 Å². The van der Waals surface area contributed by atoms with E-state index in [4.69, 9.17) is 4.74 Å². The summed E-state index contributed by atoms with van der Waals surface area (Å²) in [4.78, 5) is 23.4. The molecule has 0 aromatic heterocycles.